The molecule has 0 saturated carbocycles. The maximum Gasteiger partial charge on any atom is 0.340 e. The Bertz CT molecular complexity index is 1180. The van der Waals surface area contributed by atoms with Gasteiger partial charge in [0, 0.05) is 42.3 Å². The van der Waals surface area contributed by atoms with Gasteiger partial charge >= 0.3 is 5.97 Å². The molecule has 1 amide bonds. The molecule has 0 unspecified atom stereocenters. The zero-order valence-electron chi connectivity index (χ0n) is 15.9. The van der Waals surface area contributed by atoms with Crippen molar-refractivity contribution in [2.24, 2.45) is 0 Å². The minimum absolute atomic E-state index is 0.00328. The average molecular weight is 403 g/mol. The number of phenols is 2. The van der Waals surface area contributed by atoms with Crippen LogP contribution in [0.25, 0.3) is 0 Å². The molecule has 1 spiro atoms. The summed E-state index contributed by atoms with van der Waals surface area (Å²) < 4.78 is 12.0. The summed E-state index contributed by atoms with van der Waals surface area (Å²) in [6, 6.07) is 14.6. The Morgan fingerprint density at radius 3 is 2.20 bits per heavy atom. The lowest BCUT2D eigenvalue weighted by atomic mass is 9.77. The van der Waals surface area contributed by atoms with Crippen LogP contribution < -0.4 is 10.1 Å². The van der Waals surface area contributed by atoms with E-state index in [1.165, 1.54) is 31.2 Å². The number of nitrogens with one attached hydrogen (secondary N) is 1. The molecule has 0 aliphatic carbocycles. The predicted octanol–water partition coefficient (Wildman–Crippen LogP) is 3.30. The van der Waals surface area contributed by atoms with Crippen LogP contribution in [0.5, 0.6) is 23.0 Å². The number of hydrogen-bond donors (Lipinski definition) is 3. The van der Waals surface area contributed by atoms with Gasteiger partial charge in [0.25, 0.3) is 0 Å². The molecule has 0 aromatic heterocycles. The van der Waals surface area contributed by atoms with Gasteiger partial charge in [-0.2, -0.15) is 0 Å². The number of rotatable bonds is 2. The summed E-state index contributed by atoms with van der Waals surface area (Å²) >= 11 is 0. The fraction of sp³-hybridized carbons (Fsp3) is 0.130. The van der Waals surface area contributed by atoms with E-state index >= 15 is 0 Å². The lowest BCUT2D eigenvalue weighted by molar-refractivity contribution is -0.119. The first-order chi connectivity index (χ1) is 14.4. The second-order valence-electron chi connectivity index (χ2n) is 7.28. The van der Waals surface area contributed by atoms with Gasteiger partial charge in [-0.15, -0.1) is 0 Å². The van der Waals surface area contributed by atoms with Crippen molar-refractivity contribution in [2.75, 3.05) is 0 Å². The molecular formula is C23H17NO6. The van der Waals surface area contributed by atoms with Gasteiger partial charge in [-0.1, -0.05) is 18.2 Å². The molecule has 3 N–H and O–H groups in total. The SMILES string of the molecule is CC(=O)NCc1cccc2c1C(=O)OC21c2ccc(O)cc2Oc2cc(O)ccc21. The lowest BCUT2D eigenvalue weighted by Gasteiger charge is -2.36. The Hall–Kier alpha value is -4.00. The quantitative estimate of drug-likeness (QED) is 0.567. The van der Waals surface area contributed by atoms with Crippen LogP contribution in [0.1, 0.15) is 39.5 Å². The molecule has 3 aromatic carbocycles. The Morgan fingerprint density at radius 1 is 0.967 bits per heavy atom. The van der Waals surface area contributed by atoms with Crippen LogP contribution in [0.2, 0.25) is 0 Å². The van der Waals surface area contributed by atoms with Crippen LogP contribution in [0.4, 0.5) is 0 Å². The van der Waals surface area contributed by atoms with Crippen LogP contribution in [0, 0.1) is 0 Å². The molecule has 5 rings (SSSR count). The highest BCUT2D eigenvalue weighted by molar-refractivity contribution is 5.98. The first kappa shape index (κ1) is 18.1. The van der Waals surface area contributed by atoms with E-state index in [0.717, 1.165) is 0 Å². The fourth-order valence-corrected chi connectivity index (χ4v) is 4.18. The standard InChI is InChI=1S/C23H17NO6/c1-12(25)24-11-13-3-2-4-18-21(13)22(28)30-23(18)16-7-5-14(26)9-19(16)29-20-10-15(27)6-8-17(20)23/h2-10,26-27H,11H2,1H3,(H,24,25). The zero-order chi connectivity index (χ0) is 21.0. The fourth-order valence-electron chi connectivity index (χ4n) is 4.18. The highest BCUT2D eigenvalue weighted by atomic mass is 16.6. The van der Waals surface area contributed by atoms with Gasteiger partial charge in [-0.05, 0) is 29.8 Å². The summed E-state index contributed by atoms with van der Waals surface area (Å²) in [5.74, 6) is -0.0952. The molecule has 2 aliphatic rings. The van der Waals surface area contributed by atoms with Crippen molar-refractivity contribution in [3.8, 4) is 23.0 Å². The second kappa shape index (κ2) is 6.25. The van der Waals surface area contributed by atoms with E-state index in [4.69, 9.17) is 9.47 Å². The number of esters is 1. The van der Waals surface area contributed by atoms with Crippen molar-refractivity contribution < 1.29 is 29.3 Å². The van der Waals surface area contributed by atoms with Crippen LogP contribution in [0.15, 0.2) is 54.6 Å². The number of ether oxygens (including phenoxy) is 2. The first-order valence-corrected chi connectivity index (χ1v) is 9.35. The van der Waals surface area contributed by atoms with E-state index < -0.39 is 11.6 Å². The lowest BCUT2D eigenvalue weighted by Crippen LogP contribution is -2.32. The monoisotopic (exact) mass is 403 g/mol. The Balaban J connectivity index is 1.80. The third-order valence-electron chi connectivity index (χ3n) is 5.42. The number of fused-ring (bicyclic) bond motifs is 6. The molecule has 30 heavy (non-hydrogen) atoms. The molecule has 0 atom stereocenters. The topological polar surface area (TPSA) is 105 Å². The Labute approximate surface area is 171 Å². The number of aromatic hydroxyl groups is 2. The summed E-state index contributed by atoms with van der Waals surface area (Å²) in [5, 5.41) is 22.6. The summed E-state index contributed by atoms with van der Waals surface area (Å²) in [7, 11) is 0. The number of carbonyl (C=O) groups is 2. The molecule has 0 bridgehead atoms. The van der Waals surface area contributed by atoms with E-state index in [1.54, 1.807) is 30.3 Å². The summed E-state index contributed by atoms with van der Waals surface area (Å²) in [6.07, 6.45) is 0. The molecule has 0 radical (unpaired) electrons. The van der Waals surface area contributed by atoms with Crippen molar-refractivity contribution >= 4 is 11.9 Å². The van der Waals surface area contributed by atoms with Gasteiger partial charge in [0.1, 0.15) is 23.0 Å². The van der Waals surface area contributed by atoms with Crippen molar-refractivity contribution in [2.45, 2.75) is 19.1 Å². The normalized spacial score (nSPS) is 14.9. The van der Waals surface area contributed by atoms with E-state index in [2.05, 4.69) is 5.32 Å². The summed E-state index contributed by atoms with van der Waals surface area (Å²) in [5.41, 5.74) is 1.44. The Kier molecular flexibility index (Phi) is 3.76. The first-order valence-electron chi connectivity index (χ1n) is 9.35. The molecule has 0 saturated heterocycles. The average Bonchev–Trinajstić information content (AvgIpc) is 2.99. The van der Waals surface area contributed by atoms with Gasteiger partial charge < -0.3 is 25.0 Å². The molecule has 0 fully saturated rings. The third-order valence-corrected chi connectivity index (χ3v) is 5.42. The number of phenolic OH excluding ortho intramolecular Hbond substituents is 2. The number of benzene rings is 3. The van der Waals surface area contributed by atoms with Crippen LogP contribution in [0.3, 0.4) is 0 Å². The van der Waals surface area contributed by atoms with Gasteiger partial charge in [0.15, 0.2) is 5.60 Å². The van der Waals surface area contributed by atoms with E-state index in [-0.39, 0.29) is 24.0 Å². The predicted molar refractivity (Wildman–Crippen MR) is 106 cm³/mol. The van der Waals surface area contributed by atoms with Crippen LogP contribution >= 0.6 is 0 Å². The van der Waals surface area contributed by atoms with E-state index in [9.17, 15) is 19.8 Å². The van der Waals surface area contributed by atoms with Gasteiger partial charge in [0.2, 0.25) is 5.91 Å². The van der Waals surface area contributed by atoms with E-state index in [0.29, 0.717) is 39.3 Å². The third kappa shape index (κ3) is 2.45. The summed E-state index contributed by atoms with van der Waals surface area (Å²) in [4.78, 5) is 24.5. The van der Waals surface area contributed by atoms with Crippen LogP contribution in [-0.2, 0) is 21.7 Å². The highest BCUT2D eigenvalue weighted by Gasteiger charge is 2.54. The largest absolute Gasteiger partial charge is 0.508 e. The molecule has 2 aliphatic heterocycles. The number of hydrogen-bond acceptors (Lipinski definition) is 6. The second-order valence-corrected chi connectivity index (χ2v) is 7.28. The minimum Gasteiger partial charge on any atom is -0.508 e. The smallest absolute Gasteiger partial charge is 0.340 e. The maximum atomic E-state index is 13.1. The highest BCUT2D eigenvalue weighted by Crippen LogP contribution is 2.57. The Morgan fingerprint density at radius 2 is 1.60 bits per heavy atom. The minimum atomic E-state index is -1.30. The van der Waals surface area contributed by atoms with Gasteiger partial charge in [-0.25, -0.2) is 4.79 Å². The molecular weight excluding hydrogens is 386 g/mol. The number of amides is 1. The number of carbonyl (C=O) groups excluding carboxylic acids is 2. The van der Waals surface area contributed by atoms with Crippen molar-refractivity contribution in [1.29, 1.82) is 0 Å². The van der Waals surface area contributed by atoms with Crippen molar-refractivity contribution in [3.05, 3.63) is 82.4 Å². The van der Waals surface area contributed by atoms with Gasteiger partial charge in [-0.3, -0.25) is 4.79 Å². The van der Waals surface area contributed by atoms with Crippen molar-refractivity contribution in [3.63, 3.8) is 0 Å². The molecule has 7 nitrogen and oxygen atoms in total. The molecule has 7 heteroatoms. The summed E-state index contributed by atoms with van der Waals surface area (Å²) in [6.45, 7) is 1.60. The van der Waals surface area contributed by atoms with E-state index in [1.807, 2.05) is 0 Å². The maximum absolute atomic E-state index is 13.1. The molecule has 150 valence electrons. The van der Waals surface area contributed by atoms with Crippen LogP contribution in [-0.4, -0.2) is 22.1 Å². The van der Waals surface area contributed by atoms with Crippen molar-refractivity contribution in [1.82, 2.24) is 5.32 Å². The van der Waals surface area contributed by atoms with Gasteiger partial charge in [0.05, 0.1) is 5.56 Å². The molecule has 3 aromatic rings. The zero-order valence-corrected chi connectivity index (χ0v) is 15.9. The molecule has 2 heterocycles.